The molecule has 2 heterocycles. The Morgan fingerprint density at radius 2 is 2.18 bits per heavy atom. The van der Waals surface area contributed by atoms with Gasteiger partial charge in [0.25, 0.3) is 0 Å². The molecule has 0 spiro atoms. The second-order valence-corrected chi connectivity index (χ2v) is 7.10. The van der Waals surface area contributed by atoms with Gasteiger partial charge in [0.1, 0.15) is 12.3 Å². The van der Waals surface area contributed by atoms with E-state index in [9.17, 15) is 13.6 Å². The Morgan fingerprint density at radius 3 is 2.86 bits per heavy atom. The van der Waals surface area contributed by atoms with Crippen molar-refractivity contribution in [3.63, 3.8) is 0 Å². The molecule has 146 valence electrons. The van der Waals surface area contributed by atoms with Crippen LogP contribution in [0, 0.1) is 6.92 Å². The number of benzene rings is 1. The molecule has 3 aromatic rings. The van der Waals surface area contributed by atoms with Gasteiger partial charge in [-0.2, -0.15) is 13.9 Å². The van der Waals surface area contributed by atoms with Gasteiger partial charge in [-0.1, -0.05) is 11.6 Å². The lowest BCUT2D eigenvalue weighted by atomic mass is 10.1. The van der Waals surface area contributed by atoms with Crippen molar-refractivity contribution in [3.05, 3.63) is 46.7 Å². The summed E-state index contributed by atoms with van der Waals surface area (Å²) in [6, 6.07) is 6.09. The summed E-state index contributed by atoms with van der Waals surface area (Å²) in [6.07, 6.45) is 4.07. The van der Waals surface area contributed by atoms with E-state index in [2.05, 4.69) is 20.1 Å². The first-order valence-electron chi connectivity index (χ1n) is 8.78. The van der Waals surface area contributed by atoms with Crippen LogP contribution in [0.5, 0.6) is 5.75 Å². The van der Waals surface area contributed by atoms with E-state index in [1.54, 1.807) is 10.9 Å². The molecule has 1 aliphatic carbocycles. The third-order valence-electron chi connectivity index (χ3n) is 4.58. The molecule has 1 N–H and O–H groups in total. The normalized spacial score (nSPS) is 13.9. The Hall–Kier alpha value is -2.74. The molecular formula is C19H17ClF2N4O2. The molecule has 1 amide bonds. The first kappa shape index (κ1) is 18.6. The van der Waals surface area contributed by atoms with Crippen LogP contribution in [-0.2, 0) is 11.3 Å². The minimum Gasteiger partial charge on any atom is -0.433 e. The summed E-state index contributed by atoms with van der Waals surface area (Å²) >= 11 is 5.91. The SMILES string of the molecule is Cc1nn(CC(=O)Nc2ccc(OC(F)F)c(Cl)c2)c2nccc(C3CC3)c12. The van der Waals surface area contributed by atoms with Gasteiger partial charge in [0, 0.05) is 17.3 Å². The van der Waals surface area contributed by atoms with E-state index in [1.807, 2.05) is 13.0 Å². The van der Waals surface area contributed by atoms with Crippen molar-refractivity contribution in [3.8, 4) is 5.75 Å². The minimum absolute atomic E-state index is 0.0192. The number of ether oxygens (including phenoxy) is 1. The molecular weight excluding hydrogens is 390 g/mol. The summed E-state index contributed by atoms with van der Waals surface area (Å²) in [7, 11) is 0. The van der Waals surface area contributed by atoms with Gasteiger partial charge in [-0.3, -0.25) is 4.79 Å². The number of halogens is 3. The fourth-order valence-corrected chi connectivity index (χ4v) is 3.49. The molecule has 1 aliphatic rings. The summed E-state index contributed by atoms with van der Waals surface area (Å²) in [5, 5.41) is 8.14. The van der Waals surface area contributed by atoms with E-state index < -0.39 is 6.61 Å². The van der Waals surface area contributed by atoms with Gasteiger partial charge in [0.05, 0.1) is 10.7 Å². The number of nitrogens with zero attached hydrogens (tertiary/aromatic N) is 3. The van der Waals surface area contributed by atoms with Crippen molar-refractivity contribution in [1.29, 1.82) is 0 Å². The second-order valence-electron chi connectivity index (χ2n) is 6.69. The second kappa shape index (κ2) is 7.35. The highest BCUT2D eigenvalue weighted by Crippen LogP contribution is 2.43. The molecule has 1 aromatic carbocycles. The van der Waals surface area contributed by atoms with Gasteiger partial charge in [-0.15, -0.1) is 0 Å². The Balaban J connectivity index is 1.51. The molecule has 0 bridgehead atoms. The van der Waals surface area contributed by atoms with Crippen LogP contribution < -0.4 is 10.1 Å². The number of pyridine rings is 1. The lowest BCUT2D eigenvalue weighted by Gasteiger charge is -2.10. The van der Waals surface area contributed by atoms with Crippen molar-refractivity contribution >= 4 is 34.2 Å². The number of nitrogens with one attached hydrogen (secondary N) is 1. The number of amides is 1. The molecule has 0 saturated heterocycles. The first-order valence-corrected chi connectivity index (χ1v) is 9.16. The van der Waals surface area contributed by atoms with E-state index >= 15 is 0 Å². The fraction of sp³-hybridized carbons (Fsp3) is 0.316. The number of fused-ring (bicyclic) bond motifs is 1. The molecule has 9 heteroatoms. The van der Waals surface area contributed by atoms with E-state index in [4.69, 9.17) is 11.6 Å². The maximum absolute atomic E-state index is 12.4. The van der Waals surface area contributed by atoms with Gasteiger partial charge in [-0.25, -0.2) is 9.67 Å². The molecule has 2 aromatic heterocycles. The Bertz CT molecular complexity index is 1050. The van der Waals surface area contributed by atoms with E-state index in [0.717, 1.165) is 23.9 Å². The van der Waals surface area contributed by atoms with Gasteiger partial charge < -0.3 is 10.1 Å². The molecule has 1 fully saturated rings. The van der Waals surface area contributed by atoms with Crippen LogP contribution in [0.3, 0.4) is 0 Å². The number of hydrogen-bond donors (Lipinski definition) is 1. The Labute approximate surface area is 164 Å². The van der Waals surface area contributed by atoms with E-state index in [0.29, 0.717) is 17.3 Å². The summed E-state index contributed by atoms with van der Waals surface area (Å²) in [5.41, 5.74) is 3.12. The largest absolute Gasteiger partial charge is 0.433 e. The smallest absolute Gasteiger partial charge is 0.387 e. The first-order chi connectivity index (χ1) is 13.4. The monoisotopic (exact) mass is 406 g/mol. The molecule has 0 unspecified atom stereocenters. The van der Waals surface area contributed by atoms with Crippen molar-refractivity contribution in [2.24, 2.45) is 0 Å². The number of hydrogen-bond acceptors (Lipinski definition) is 4. The topological polar surface area (TPSA) is 69.0 Å². The van der Waals surface area contributed by atoms with Crippen molar-refractivity contribution in [2.45, 2.75) is 38.8 Å². The third kappa shape index (κ3) is 3.77. The third-order valence-corrected chi connectivity index (χ3v) is 4.88. The summed E-state index contributed by atoms with van der Waals surface area (Å²) in [5.74, 6) is 0.0635. The lowest BCUT2D eigenvalue weighted by molar-refractivity contribution is -0.116. The van der Waals surface area contributed by atoms with Crippen LogP contribution in [0.15, 0.2) is 30.5 Å². The van der Waals surface area contributed by atoms with Crippen LogP contribution >= 0.6 is 11.6 Å². The minimum atomic E-state index is -2.97. The highest BCUT2D eigenvalue weighted by molar-refractivity contribution is 6.32. The van der Waals surface area contributed by atoms with Gasteiger partial charge in [0.2, 0.25) is 5.91 Å². The van der Waals surface area contributed by atoms with Crippen LogP contribution in [0.25, 0.3) is 11.0 Å². The summed E-state index contributed by atoms with van der Waals surface area (Å²) in [4.78, 5) is 16.8. The molecule has 28 heavy (non-hydrogen) atoms. The number of alkyl halides is 2. The number of aromatic nitrogens is 3. The Kier molecular flexibility index (Phi) is 4.89. The van der Waals surface area contributed by atoms with E-state index in [1.165, 1.54) is 23.8 Å². The zero-order valence-corrected chi connectivity index (χ0v) is 15.7. The average molecular weight is 407 g/mol. The molecule has 4 rings (SSSR count). The molecule has 0 aliphatic heterocycles. The summed E-state index contributed by atoms with van der Waals surface area (Å²) < 4.78 is 30.5. The molecule has 1 saturated carbocycles. The predicted molar refractivity (Wildman–Crippen MR) is 101 cm³/mol. The molecule has 6 nitrogen and oxygen atoms in total. The van der Waals surface area contributed by atoms with Crippen molar-refractivity contribution in [2.75, 3.05) is 5.32 Å². The van der Waals surface area contributed by atoms with Crippen LogP contribution in [-0.4, -0.2) is 27.3 Å². The maximum Gasteiger partial charge on any atom is 0.387 e. The average Bonchev–Trinajstić information content (AvgIpc) is 3.43. The number of aryl methyl sites for hydroxylation is 1. The Morgan fingerprint density at radius 1 is 1.39 bits per heavy atom. The quantitative estimate of drug-likeness (QED) is 0.654. The lowest BCUT2D eigenvalue weighted by Crippen LogP contribution is -2.19. The van der Waals surface area contributed by atoms with Crippen LogP contribution in [0.2, 0.25) is 5.02 Å². The highest BCUT2D eigenvalue weighted by atomic mass is 35.5. The van der Waals surface area contributed by atoms with Crippen LogP contribution in [0.4, 0.5) is 14.5 Å². The number of rotatable bonds is 6. The molecule has 0 radical (unpaired) electrons. The van der Waals surface area contributed by atoms with Crippen molar-refractivity contribution < 1.29 is 18.3 Å². The van der Waals surface area contributed by atoms with Gasteiger partial charge >= 0.3 is 6.61 Å². The number of anilines is 1. The standard InChI is InChI=1S/C19H17ClF2N4O2/c1-10-17-13(11-2-3-11)6-7-23-18(17)26(25-10)9-16(27)24-12-4-5-15(14(20)8-12)28-19(21)22/h4-8,11,19H,2-3,9H2,1H3,(H,24,27). The predicted octanol–water partition coefficient (Wildman–Crippen LogP) is 4.51. The fourth-order valence-electron chi connectivity index (χ4n) is 3.26. The summed E-state index contributed by atoms with van der Waals surface area (Å²) in [6.45, 7) is -1.09. The van der Waals surface area contributed by atoms with Gasteiger partial charge in [-0.05, 0) is 55.5 Å². The highest BCUT2D eigenvalue weighted by Gasteiger charge is 2.27. The number of carbonyl (C=O) groups excluding carboxylic acids is 1. The molecule has 0 atom stereocenters. The van der Waals surface area contributed by atoms with Crippen molar-refractivity contribution in [1.82, 2.24) is 14.8 Å². The number of carbonyl (C=O) groups is 1. The van der Waals surface area contributed by atoms with Crippen LogP contribution in [0.1, 0.15) is 30.0 Å². The van der Waals surface area contributed by atoms with Gasteiger partial charge in [0.15, 0.2) is 5.65 Å². The van der Waals surface area contributed by atoms with E-state index in [-0.39, 0.29) is 23.2 Å². The zero-order chi connectivity index (χ0) is 19.8. The maximum atomic E-state index is 12.4. The zero-order valence-electron chi connectivity index (χ0n) is 15.0.